The highest BCUT2D eigenvalue weighted by atomic mass is 16.3. The molecule has 3 heteroatoms. The Morgan fingerprint density at radius 1 is 1.22 bits per heavy atom. The number of rotatable bonds is 4. The number of hydrogen-bond acceptors (Lipinski definition) is 2. The van der Waals surface area contributed by atoms with Crippen LogP contribution in [-0.2, 0) is 0 Å². The molecule has 0 aliphatic heterocycles. The van der Waals surface area contributed by atoms with Crippen LogP contribution in [0.3, 0.4) is 0 Å². The number of H-pyrrole nitrogens is 1. The van der Waals surface area contributed by atoms with Gasteiger partial charge in [0, 0.05) is 5.92 Å². The van der Waals surface area contributed by atoms with E-state index in [0.717, 1.165) is 17.1 Å². The summed E-state index contributed by atoms with van der Waals surface area (Å²) in [5.41, 5.74) is 3.37. The van der Waals surface area contributed by atoms with Crippen molar-refractivity contribution >= 4 is 0 Å². The number of hydrogen-bond donors (Lipinski definition) is 2. The molecule has 0 aliphatic rings. The number of aliphatic hydroxyl groups excluding tert-OH is 1. The van der Waals surface area contributed by atoms with E-state index in [1.807, 2.05) is 6.20 Å². The summed E-state index contributed by atoms with van der Waals surface area (Å²) in [5, 5.41) is 9.41. The van der Waals surface area contributed by atoms with Crippen molar-refractivity contribution in [2.45, 2.75) is 26.7 Å². The predicted molar refractivity (Wildman–Crippen MR) is 73.4 cm³/mol. The molecule has 1 atom stereocenters. The van der Waals surface area contributed by atoms with Gasteiger partial charge in [-0.25, -0.2) is 4.98 Å². The van der Waals surface area contributed by atoms with Crippen molar-refractivity contribution in [2.24, 2.45) is 5.92 Å². The molecule has 96 valence electrons. The summed E-state index contributed by atoms with van der Waals surface area (Å²) in [6.45, 7) is 6.38. The maximum Gasteiger partial charge on any atom is 0.112 e. The van der Waals surface area contributed by atoms with Gasteiger partial charge in [0.05, 0.1) is 18.5 Å². The maximum absolute atomic E-state index is 9.41. The molecule has 1 unspecified atom stereocenters. The van der Waals surface area contributed by atoms with Gasteiger partial charge in [0.1, 0.15) is 5.82 Å². The fourth-order valence-electron chi connectivity index (χ4n) is 2.02. The van der Waals surface area contributed by atoms with Gasteiger partial charge in [-0.1, -0.05) is 43.7 Å². The second-order valence-corrected chi connectivity index (χ2v) is 5.08. The zero-order valence-electron chi connectivity index (χ0n) is 11.1. The molecule has 2 aromatic rings. The fourth-order valence-corrected chi connectivity index (χ4v) is 2.02. The minimum Gasteiger partial charge on any atom is -0.396 e. The molecule has 18 heavy (non-hydrogen) atoms. The van der Waals surface area contributed by atoms with Gasteiger partial charge in [0.15, 0.2) is 0 Å². The quantitative estimate of drug-likeness (QED) is 0.868. The predicted octanol–water partition coefficient (Wildman–Crippen LogP) is 3.12. The Labute approximate surface area is 108 Å². The van der Waals surface area contributed by atoms with E-state index in [1.165, 1.54) is 5.56 Å². The van der Waals surface area contributed by atoms with E-state index < -0.39 is 0 Å². The van der Waals surface area contributed by atoms with Crippen LogP contribution in [0.25, 0.3) is 11.3 Å². The third-order valence-electron chi connectivity index (χ3n) is 3.31. The van der Waals surface area contributed by atoms with Crippen molar-refractivity contribution in [3.63, 3.8) is 0 Å². The summed E-state index contributed by atoms with van der Waals surface area (Å²) < 4.78 is 0. The normalized spacial score (nSPS) is 12.9. The number of nitrogens with zero attached hydrogens (tertiary/aromatic N) is 1. The van der Waals surface area contributed by atoms with Crippen molar-refractivity contribution in [3.05, 3.63) is 41.9 Å². The van der Waals surface area contributed by atoms with Crippen LogP contribution < -0.4 is 0 Å². The third-order valence-corrected chi connectivity index (χ3v) is 3.31. The Balaban J connectivity index is 2.27. The number of imidazole rings is 1. The lowest BCUT2D eigenvalue weighted by Gasteiger charge is -2.15. The van der Waals surface area contributed by atoms with Crippen LogP contribution in [0.5, 0.6) is 0 Å². The van der Waals surface area contributed by atoms with Gasteiger partial charge in [-0.15, -0.1) is 0 Å². The van der Waals surface area contributed by atoms with Gasteiger partial charge in [0.2, 0.25) is 0 Å². The molecule has 0 bridgehead atoms. The lowest BCUT2D eigenvalue weighted by molar-refractivity contribution is 0.232. The molecule has 0 fully saturated rings. The van der Waals surface area contributed by atoms with Gasteiger partial charge in [0.25, 0.3) is 0 Å². The SMILES string of the molecule is Cc1ccc(-c2cnc(C(CO)C(C)C)[nH]2)cc1. The van der Waals surface area contributed by atoms with E-state index in [4.69, 9.17) is 0 Å². The van der Waals surface area contributed by atoms with Crippen LogP contribution in [-0.4, -0.2) is 21.7 Å². The molecule has 0 amide bonds. The lowest BCUT2D eigenvalue weighted by atomic mass is 9.96. The van der Waals surface area contributed by atoms with Gasteiger partial charge in [-0.3, -0.25) is 0 Å². The van der Waals surface area contributed by atoms with Crippen LogP contribution in [0, 0.1) is 12.8 Å². The van der Waals surface area contributed by atoms with Crippen LogP contribution in [0.1, 0.15) is 31.2 Å². The molecular weight excluding hydrogens is 224 g/mol. The van der Waals surface area contributed by atoms with Crippen molar-refractivity contribution in [3.8, 4) is 11.3 Å². The molecule has 0 radical (unpaired) electrons. The number of aliphatic hydroxyl groups is 1. The van der Waals surface area contributed by atoms with E-state index in [9.17, 15) is 5.11 Å². The Morgan fingerprint density at radius 2 is 1.89 bits per heavy atom. The van der Waals surface area contributed by atoms with Gasteiger partial charge >= 0.3 is 0 Å². The van der Waals surface area contributed by atoms with Crippen molar-refractivity contribution in [1.82, 2.24) is 9.97 Å². The van der Waals surface area contributed by atoms with Crippen molar-refractivity contribution in [1.29, 1.82) is 0 Å². The monoisotopic (exact) mass is 244 g/mol. The molecule has 3 nitrogen and oxygen atoms in total. The van der Waals surface area contributed by atoms with E-state index >= 15 is 0 Å². The molecule has 0 aliphatic carbocycles. The summed E-state index contributed by atoms with van der Waals surface area (Å²) in [6, 6.07) is 8.33. The first kappa shape index (κ1) is 12.8. The van der Waals surface area contributed by atoms with Crippen LogP contribution in [0.4, 0.5) is 0 Å². The van der Waals surface area contributed by atoms with E-state index in [2.05, 4.69) is 55.0 Å². The van der Waals surface area contributed by atoms with Gasteiger partial charge in [-0.2, -0.15) is 0 Å². The number of benzene rings is 1. The highest BCUT2D eigenvalue weighted by molar-refractivity contribution is 5.58. The smallest absolute Gasteiger partial charge is 0.112 e. The number of aryl methyl sites for hydroxylation is 1. The first-order valence-electron chi connectivity index (χ1n) is 6.34. The minimum absolute atomic E-state index is 0.0733. The number of aromatic amines is 1. The fraction of sp³-hybridized carbons (Fsp3) is 0.400. The standard InChI is InChI=1S/C15H20N2O/c1-10(2)13(9-18)15-16-8-14(17-15)12-6-4-11(3)5-7-12/h4-8,10,13,18H,9H2,1-3H3,(H,16,17). The molecule has 1 heterocycles. The zero-order chi connectivity index (χ0) is 13.1. The molecule has 2 rings (SSSR count). The molecule has 2 N–H and O–H groups in total. The topological polar surface area (TPSA) is 48.9 Å². The Kier molecular flexibility index (Phi) is 3.82. The molecular formula is C15H20N2O. The summed E-state index contributed by atoms with van der Waals surface area (Å²) in [5.74, 6) is 1.30. The zero-order valence-corrected chi connectivity index (χ0v) is 11.1. The molecule has 1 aromatic heterocycles. The van der Waals surface area contributed by atoms with E-state index in [0.29, 0.717) is 5.92 Å². The summed E-state index contributed by atoms with van der Waals surface area (Å²) in [6.07, 6.45) is 1.84. The third kappa shape index (κ3) is 2.62. The highest BCUT2D eigenvalue weighted by Crippen LogP contribution is 2.24. The maximum atomic E-state index is 9.41. The summed E-state index contributed by atoms with van der Waals surface area (Å²) >= 11 is 0. The lowest BCUT2D eigenvalue weighted by Crippen LogP contribution is -2.12. The second-order valence-electron chi connectivity index (χ2n) is 5.08. The number of aromatic nitrogens is 2. The van der Waals surface area contributed by atoms with Gasteiger partial charge in [-0.05, 0) is 18.4 Å². The van der Waals surface area contributed by atoms with Crippen LogP contribution >= 0.6 is 0 Å². The minimum atomic E-state index is 0.0733. The molecule has 0 spiro atoms. The molecule has 1 aromatic carbocycles. The first-order chi connectivity index (χ1) is 8.61. The second kappa shape index (κ2) is 5.36. The Hall–Kier alpha value is -1.61. The van der Waals surface area contributed by atoms with E-state index in [1.54, 1.807) is 0 Å². The Morgan fingerprint density at radius 3 is 2.44 bits per heavy atom. The van der Waals surface area contributed by atoms with Crippen molar-refractivity contribution < 1.29 is 5.11 Å². The first-order valence-corrected chi connectivity index (χ1v) is 6.34. The largest absolute Gasteiger partial charge is 0.396 e. The average Bonchev–Trinajstić information content (AvgIpc) is 2.80. The van der Waals surface area contributed by atoms with Crippen LogP contribution in [0.2, 0.25) is 0 Å². The highest BCUT2D eigenvalue weighted by Gasteiger charge is 2.18. The summed E-state index contributed by atoms with van der Waals surface area (Å²) in [4.78, 5) is 7.70. The van der Waals surface area contributed by atoms with Crippen LogP contribution in [0.15, 0.2) is 30.5 Å². The average molecular weight is 244 g/mol. The van der Waals surface area contributed by atoms with Gasteiger partial charge < -0.3 is 10.1 Å². The van der Waals surface area contributed by atoms with E-state index in [-0.39, 0.29) is 12.5 Å². The Bertz CT molecular complexity index is 499. The summed E-state index contributed by atoms with van der Waals surface area (Å²) in [7, 11) is 0. The van der Waals surface area contributed by atoms with Crippen molar-refractivity contribution in [2.75, 3.05) is 6.61 Å². The molecule has 0 saturated carbocycles. The number of nitrogens with one attached hydrogen (secondary N) is 1. The molecule has 0 saturated heterocycles.